The standard InChI is InChI=1S/C30H46N7O5P/c1-2-3-4-5-6-7-8-9-10-11-16-33-30(38)26(31)17-23-12-14-24(15-13-23)42-43(39)22-40-25(19-41-43)18-37-21-36-27-28(32)34-20-35-29(27)37/h12-15,20-21,25-26H,2-11,16-19,22,31H2,1H3,(H,33,38)(H2,32,34,35)/t25-,26?,43?/m0/s1. The molecule has 5 N–H and O–H groups in total. The summed E-state index contributed by atoms with van der Waals surface area (Å²) in [6, 6.07) is 6.36. The van der Waals surface area contributed by atoms with Crippen molar-refractivity contribution in [2.24, 2.45) is 5.73 Å². The number of carbonyl (C=O) groups excluding carboxylic acids is 1. The minimum atomic E-state index is -3.49. The third-order valence-corrected chi connectivity index (χ3v) is 9.04. The minimum absolute atomic E-state index is 0.0820. The van der Waals surface area contributed by atoms with E-state index in [1.807, 2.05) is 12.1 Å². The highest BCUT2D eigenvalue weighted by atomic mass is 31.2. The van der Waals surface area contributed by atoms with Gasteiger partial charge in [0, 0.05) is 6.54 Å². The van der Waals surface area contributed by atoms with Gasteiger partial charge in [-0.3, -0.25) is 9.32 Å². The fraction of sp³-hybridized carbons (Fsp3) is 0.600. The lowest BCUT2D eigenvalue weighted by atomic mass is 10.1. The number of nitrogens with two attached hydrogens (primary N) is 2. The van der Waals surface area contributed by atoms with Crippen molar-refractivity contribution in [3.8, 4) is 5.75 Å². The van der Waals surface area contributed by atoms with Crippen LogP contribution in [-0.4, -0.2) is 57.1 Å². The molecule has 3 atom stereocenters. The molecular weight excluding hydrogens is 569 g/mol. The highest BCUT2D eigenvalue weighted by molar-refractivity contribution is 7.54. The second kappa shape index (κ2) is 16.7. The number of anilines is 1. The number of nitrogens with one attached hydrogen (secondary N) is 1. The molecule has 2 unspecified atom stereocenters. The molecule has 0 radical (unpaired) electrons. The third-order valence-electron chi connectivity index (χ3n) is 7.55. The molecule has 1 saturated heterocycles. The van der Waals surface area contributed by atoms with Crippen molar-refractivity contribution < 1.29 is 23.1 Å². The maximum atomic E-state index is 13.1. The molecule has 12 nitrogen and oxygen atoms in total. The van der Waals surface area contributed by atoms with Crippen molar-refractivity contribution in [1.29, 1.82) is 0 Å². The van der Waals surface area contributed by atoms with Gasteiger partial charge in [-0.05, 0) is 30.5 Å². The largest absolute Gasteiger partial charge is 0.423 e. The first-order valence-corrected chi connectivity index (χ1v) is 17.2. The number of rotatable bonds is 18. The van der Waals surface area contributed by atoms with E-state index < -0.39 is 13.6 Å². The molecule has 1 aliphatic heterocycles. The Hall–Kier alpha value is -3.05. The molecule has 1 aromatic carbocycles. The van der Waals surface area contributed by atoms with E-state index in [9.17, 15) is 9.36 Å². The molecule has 236 valence electrons. The second-order valence-corrected chi connectivity index (χ2v) is 13.1. The van der Waals surface area contributed by atoms with Gasteiger partial charge in [-0.2, -0.15) is 0 Å². The van der Waals surface area contributed by atoms with Crippen LogP contribution in [-0.2, 0) is 31.6 Å². The first-order chi connectivity index (χ1) is 20.9. The summed E-state index contributed by atoms with van der Waals surface area (Å²) < 4.78 is 32.0. The summed E-state index contributed by atoms with van der Waals surface area (Å²) in [6.07, 6.45) is 15.4. The predicted octanol–water partition coefficient (Wildman–Crippen LogP) is 4.96. The third kappa shape index (κ3) is 10.3. The Balaban J connectivity index is 1.11. The number of aromatic nitrogens is 4. The summed E-state index contributed by atoms with van der Waals surface area (Å²) in [7, 11) is -3.49. The lowest BCUT2D eigenvalue weighted by molar-refractivity contribution is -0.122. The van der Waals surface area contributed by atoms with Crippen LogP contribution in [0.5, 0.6) is 5.75 Å². The van der Waals surface area contributed by atoms with Crippen LogP contribution in [0.1, 0.15) is 76.7 Å². The van der Waals surface area contributed by atoms with E-state index in [0.717, 1.165) is 18.4 Å². The van der Waals surface area contributed by atoms with Crippen LogP contribution in [0.4, 0.5) is 5.82 Å². The maximum Gasteiger partial charge on any atom is 0.404 e. The van der Waals surface area contributed by atoms with Crippen LogP contribution in [0.25, 0.3) is 11.2 Å². The number of amides is 1. The number of carbonyl (C=O) groups is 1. The molecule has 0 bridgehead atoms. The summed E-state index contributed by atoms with van der Waals surface area (Å²) in [5.74, 6) is 0.543. The van der Waals surface area contributed by atoms with Gasteiger partial charge in [-0.25, -0.2) is 19.5 Å². The Morgan fingerprint density at radius 1 is 1.07 bits per heavy atom. The Bertz CT molecular complexity index is 1320. The van der Waals surface area contributed by atoms with E-state index in [1.165, 1.54) is 57.7 Å². The molecule has 13 heteroatoms. The minimum Gasteiger partial charge on any atom is -0.423 e. The summed E-state index contributed by atoms with van der Waals surface area (Å²) in [5, 5.41) is 2.95. The average Bonchev–Trinajstić information content (AvgIpc) is 3.42. The van der Waals surface area contributed by atoms with Gasteiger partial charge < -0.3 is 30.6 Å². The van der Waals surface area contributed by atoms with E-state index in [-0.39, 0.29) is 25.0 Å². The average molecular weight is 616 g/mol. The number of hydrogen-bond donors (Lipinski definition) is 3. The van der Waals surface area contributed by atoms with E-state index in [1.54, 1.807) is 23.0 Å². The van der Waals surface area contributed by atoms with Crippen LogP contribution in [0.2, 0.25) is 0 Å². The molecule has 0 spiro atoms. The van der Waals surface area contributed by atoms with Crippen LogP contribution in [0.3, 0.4) is 0 Å². The molecular formula is C30H46N7O5P. The normalized spacial score (nSPS) is 19.3. The van der Waals surface area contributed by atoms with E-state index in [2.05, 4.69) is 27.2 Å². The monoisotopic (exact) mass is 615 g/mol. The SMILES string of the molecule is CCCCCCCCCCCCNC(=O)C(N)Cc1ccc(OP2(=O)CO[C@@H](Cn3cnc4c(N)ncnc43)CO2)cc1. The molecule has 1 fully saturated rings. The maximum absolute atomic E-state index is 13.1. The van der Waals surface area contributed by atoms with Crippen LogP contribution in [0, 0.1) is 0 Å². The number of ether oxygens (including phenoxy) is 1. The first-order valence-electron chi connectivity index (χ1n) is 15.4. The second-order valence-electron chi connectivity index (χ2n) is 11.2. The van der Waals surface area contributed by atoms with E-state index in [0.29, 0.717) is 42.2 Å². The van der Waals surface area contributed by atoms with Crippen molar-refractivity contribution >= 4 is 30.5 Å². The Labute approximate surface area is 253 Å². The van der Waals surface area contributed by atoms with Gasteiger partial charge in [0.15, 0.2) is 17.8 Å². The number of nitrogens with zero attached hydrogens (tertiary/aromatic N) is 4. The van der Waals surface area contributed by atoms with Gasteiger partial charge in [-0.1, -0.05) is 76.8 Å². The van der Waals surface area contributed by atoms with Gasteiger partial charge in [0.2, 0.25) is 5.91 Å². The van der Waals surface area contributed by atoms with Crippen molar-refractivity contribution in [2.75, 3.05) is 25.2 Å². The summed E-state index contributed by atoms with van der Waals surface area (Å²) in [4.78, 5) is 24.9. The lowest BCUT2D eigenvalue weighted by Gasteiger charge is -2.29. The van der Waals surface area contributed by atoms with Gasteiger partial charge in [0.05, 0.1) is 25.5 Å². The molecule has 0 saturated carbocycles. The van der Waals surface area contributed by atoms with E-state index >= 15 is 0 Å². The molecule has 3 heterocycles. The van der Waals surface area contributed by atoms with Crippen LogP contribution < -0.4 is 21.3 Å². The Kier molecular flexibility index (Phi) is 12.8. The molecule has 4 rings (SSSR count). The number of unbranched alkanes of at least 4 members (excludes halogenated alkanes) is 9. The molecule has 3 aromatic rings. The summed E-state index contributed by atoms with van der Waals surface area (Å²) in [5.41, 5.74) is 14.0. The van der Waals surface area contributed by atoms with Crippen molar-refractivity contribution in [3.63, 3.8) is 0 Å². The van der Waals surface area contributed by atoms with E-state index in [4.69, 9.17) is 25.3 Å². The highest BCUT2D eigenvalue weighted by Crippen LogP contribution is 2.51. The number of benzene rings is 1. The molecule has 1 aliphatic rings. The van der Waals surface area contributed by atoms with Crippen molar-refractivity contribution in [1.82, 2.24) is 24.8 Å². The number of nitrogen functional groups attached to an aromatic ring is 1. The molecule has 0 aliphatic carbocycles. The Morgan fingerprint density at radius 3 is 2.44 bits per heavy atom. The lowest BCUT2D eigenvalue weighted by Crippen LogP contribution is -2.42. The number of imidazole rings is 1. The smallest absolute Gasteiger partial charge is 0.404 e. The zero-order chi connectivity index (χ0) is 30.5. The van der Waals surface area contributed by atoms with Crippen LogP contribution in [0.15, 0.2) is 36.9 Å². The summed E-state index contributed by atoms with van der Waals surface area (Å²) >= 11 is 0. The van der Waals surface area contributed by atoms with Crippen LogP contribution >= 0.6 is 7.60 Å². The quantitative estimate of drug-likeness (QED) is 0.131. The van der Waals surface area contributed by atoms with Gasteiger partial charge in [0.25, 0.3) is 0 Å². The molecule has 43 heavy (non-hydrogen) atoms. The fourth-order valence-electron chi connectivity index (χ4n) is 5.04. The van der Waals surface area contributed by atoms with Gasteiger partial charge in [-0.15, -0.1) is 0 Å². The number of hydrogen-bond acceptors (Lipinski definition) is 10. The predicted molar refractivity (Wildman–Crippen MR) is 167 cm³/mol. The van der Waals surface area contributed by atoms with Crippen molar-refractivity contribution in [3.05, 3.63) is 42.5 Å². The zero-order valence-corrected chi connectivity index (χ0v) is 26.1. The topological polar surface area (TPSA) is 169 Å². The van der Waals surface area contributed by atoms with Crippen molar-refractivity contribution in [2.45, 2.75) is 96.2 Å². The molecule has 1 amide bonds. The molecule has 2 aromatic heterocycles. The van der Waals surface area contributed by atoms with Gasteiger partial charge >= 0.3 is 7.60 Å². The van der Waals surface area contributed by atoms with Gasteiger partial charge in [0.1, 0.15) is 23.7 Å². The number of fused-ring (bicyclic) bond motifs is 1. The first kappa shape index (κ1) is 32.9. The summed E-state index contributed by atoms with van der Waals surface area (Å²) in [6.45, 7) is 3.37. The highest BCUT2D eigenvalue weighted by Gasteiger charge is 2.35. The zero-order valence-electron chi connectivity index (χ0n) is 25.2. The fourth-order valence-corrected chi connectivity index (χ4v) is 6.45. The Morgan fingerprint density at radius 2 is 1.77 bits per heavy atom.